The maximum absolute atomic E-state index is 11.6. The molecule has 4 aromatic rings. The van der Waals surface area contributed by atoms with Crippen LogP contribution >= 0.6 is 23.7 Å². The number of thiophene rings is 1. The Kier molecular flexibility index (Phi) is 7.94. The molecule has 1 aliphatic heterocycles. The van der Waals surface area contributed by atoms with Crippen LogP contribution in [0.15, 0.2) is 54.2 Å². The number of nitrogens with zero attached hydrogens (tertiary/aromatic N) is 5. The van der Waals surface area contributed by atoms with Crippen LogP contribution < -0.4 is 14.9 Å². The molecule has 1 saturated heterocycles. The molecular weight excluding hydrogens is 518 g/mol. The molecular formula is C24H28ClN7O2S2. The Balaban J connectivity index is 0.00000304. The fraction of sp³-hybridized carbons (Fsp3) is 0.292. The van der Waals surface area contributed by atoms with Gasteiger partial charge in [-0.3, -0.25) is 4.72 Å². The molecule has 5 rings (SSSR count). The fourth-order valence-corrected chi connectivity index (χ4v) is 5.56. The number of nitrogens with one attached hydrogen (secondary N) is 2. The van der Waals surface area contributed by atoms with Gasteiger partial charge in [0.1, 0.15) is 5.82 Å². The number of benzene rings is 1. The topological polar surface area (TPSA) is 103 Å². The third kappa shape index (κ3) is 6.04. The molecule has 1 fully saturated rings. The predicted molar refractivity (Wildman–Crippen MR) is 150 cm³/mol. The van der Waals surface area contributed by atoms with E-state index >= 15 is 0 Å². The van der Waals surface area contributed by atoms with E-state index < -0.39 is 10.0 Å². The number of fused-ring (bicyclic) bond motifs is 1. The summed E-state index contributed by atoms with van der Waals surface area (Å²) in [4.78, 5) is 18.6. The molecule has 0 aliphatic carbocycles. The minimum absolute atomic E-state index is 0. The lowest BCUT2D eigenvalue weighted by atomic mass is 10.1. The van der Waals surface area contributed by atoms with Gasteiger partial charge in [-0.25, -0.2) is 23.4 Å². The number of likely N-dealkylation sites (N-methyl/N-ethyl adjacent to an activating group) is 1. The zero-order chi connectivity index (χ0) is 24.4. The summed E-state index contributed by atoms with van der Waals surface area (Å²) in [5.74, 6) is 1.46. The smallest absolute Gasteiger partial charge is 0.229 e. The maximum atomic E-state index is 11.6. The van der Waals surface area contributed by atoms with E-state index in [-0.39, 0.29) is 12.4 Å². The summed E-state index contributed by atoms with van der Waals surface area (Å²) < 4.78 is 26.7. The molecule has 0 saturated carbocycles. The van der Waals surface area contributed by atoms with Gasteiger partial charge in [0.25, 0.3) is 0 Å². The van der Waals surface area contributed by atoms with E-state index in [2.05, 4.69) is 36.7 Å². The number of hydrogen-bond acceptors (Lipinski definition) is 9. The number of pyridine rings is 1. The van der Waals surface area contributed by atoms with Crippen LogP contribution in [0.1, 0.15) is 6.92 Å². The molecule has 12 heteroatoms. The minimum atomic E-state index is -3.35. The van der Waals surface area contributed by atoms with Crippen LogP contribution in [0, 0.1) is 0 Å². The zero-order valence-corrected chi connectivity index (χ0v) is 22.5. The van der Waals surface area contributed by atoms with Crippen LogP contribution in [-0.4, -0.2) is 67.2 Å². The molecule has 4 heterocycles. The summed E-state index contributed by atoms with van der Waals surface area (Å²) in [5, 5.41) is 5.27. The minimum Gasteiger partial charge on any atom is -0.354 e. The molecule has 0 unspecified atom stereocenters. The van der Waals surface area contributed by atoms with Crippen molar-refractivity contribution < 1.29 is 8.42 Å². The van der Waals surface area contributed by atoms with Gasteiger partial charge in [-0.1, -0.05) is 19.1 Å². The van der Waals surface area contributed by atoms with E-state index in [1.807, 2.05) is 35.8 Å². The average molecular weight is 546 g/mol. The Bertz CT molecular complexity index is 1440. The van der Waals surface area contributed by atoms with Crippen LogP contribution in [0.2, 0.25) is 0 Å². The van der Waals surface area contributed by atoms with E-state index in [4.69, 9.17) is 4.98 Å². The Hall–Kier alpha value is -2.99. The van der Waals surface area contributed by atoms with Gasteiger partial charge in [0.15, 0.2) is 0 Å². The number of piperazine rings is 1. The lowest BCUT2D eigenvalue weighted by molar-refractivity contribution is 0.270. The van der Waals surface area contributed by atoms with Gasteiger partial charge in [0.2, 0.25) is 16.0 Å². The number of halogens is 1. The predicted octanol–water partition coefficient (Wildman–Crippen LogP) is 4.43. The molecule has 36 heavy (non-hydrogen) atoms. The molecule has 9 nitrogen and oxygen atoms in total. The van der Waals surface area contributed by atoms with Crippen LogP contribution in [0.25, 0.3) is 21.3 Å². The molecule has 1 aromatic carbocycles. The van der Waals surface area contributed by atoms with Crippen molar-refractivity contribution in [2.24, 2.45) is 0 Å². The highest BCUT2D eigenvalue weighted by molar-refractivity contribution is 7.92. The van der Waals surface area contributed by atoms with Crippen LogP contribution in [0.3, 0.4) is 0 Å². The number of rotatable bonds is 7. The second-order valence-corrected chi connectivity index (χ2v) is 11.1. The van der Waals surface area contributed by atoms with Crippen molar-refractivity contribution in [2.45, 2.75) is 6.92 Å². The van der Waals surface area contributed by atoms with Gasteiger partial charge in [0.05, 0.1) is 34.6 Å². The van der Waals surface area contributed by atoms with Crippen LogP contribution in [0.5, 0.6) is 0 Å². The Morgan fingerprint density at radius 1 is 1.03 bits per heavy atom. The van der Waals surface area contributed by atoms with Gasteiger partial charge in [-0.2, -0.15) is 0 Å². The van der Waals surface area contributed by atoms with Gasteiger partial charge >= 0.3 is 0 Å². The summed E-state index contributed by atoms with van der Waals surface area (Å²) in [5.41, 5.74) is 3.94. The maximum Gasteiger partial charge on any atom is 0.229 e. The first-order valence-corrected chi connectivity index (χ1v) is 14.2. The third-order valence-electron chi connectivity index (χ3n) is 5.94. The van der Waals surface area contributed by atoms with Crippen molar-refractivity contribution in [3.8, 4) is 11.1 Å². The Morgan fingerprint density at radius 3 is 2.53 bits per heavy atom. The van der Waals surface area contributed by atoms with Crippen molar-refractivity contribution in [3.63, 3.8) is 0 Å². The molecule has 0 amide bonds. The highest BCUT2D eigenvalue weighted by Crippen LogP contribution is 2.34. The average Bonchev–Trinajstić information content (AvgIpc) is 3.27. The van der Waals surface area contributed by atoms with E-state index in [1.54, 1.807) is 29.7 Å². The summed E-state index contributed by atoms with van der Waals surface area (Å²) >= 11 is 1.55. The van der Waals surface area contributed by atoms with Gasteiger partial charge < -0.3 is 15.1 Å². The van der Waals surface area contributed by atoms with Crippen molar-refractivity contribution in [1.29, 1.82) is 0 Å². The SMILES string of the molecule is CCN1CCN(c2ccc(Nc3ncc4scc(-c5cccc(NS(C)(=O)=O)c5)c4n3)cn2)CC1.Cl. The second kappa shape index (κ2) is 11.0. The molecule has 0 bridgehead atoms. The Labute approximate surface area is 221 Å². The molecule has 0 radical (unpaired) electrons. The quantitative estimate of drug-likeness (QED) is 0.351. The fourth-order valence-electron chi connectivity index (χ4n) is 4.13. The summed E-state index contributed by atoms with van der Waals surface area (Å²) in [6.45, 7) is 7.36. The first-order valence-electron chi connectivity index (χ1n) is 11.4. The summed E-state index contributed by atoms with van der Waals surface area (Å²) in [7, 11) is -3.35. The lowest BCUT2D eigenvalue weighted by Gasteiger charge is -2.34. The lowest BCUT2D eigenvalue weighted by Crippen LogP contribution is -2.46. The monoisotopic (exact) mass is 545 g/mol. The Morgan fingerprint density at radius 2 is 1.83 bits per heavy atom. The van der Waals surface area contributed by atoms with Gasteiger partial charge in [-0.05, 0) is 36.4 Å². The van der Waals surface area contributed by atoms with Gasteiger partial charge in [0, 0.05) is 42.8 Å². The van der Waals surface area contributed by atoms with Gasteiger partial charge in [-0.15, -0.1) is 23.7 Å². The molecule has 190 valence electrons. The van der Waals surface area contributed by atoms with Crippen LogP contribution in [-0.2, 0) is 10.0 Å². The summed E-state index contributed by atoms with van der Waals surface area (Å²) in [6.07, 6.45) is 4.75. The van der Waals surface area contributed by atoms with E-state index in [0.29, 0.717) is 11.6 Å². The van der Waals surface area contributed by atoms with Crippen molar-refractivity contribution in [3.05, 3.63) is 54.2 Å². The van der Waals surface area contributed by atoms with Crippen LogP contribution in [0.4, 0.5) is 23.1 Å². The van der Waals surface area contributed by atoms with Crippen molar-refractivity contribution in [2.75, 3.05) is 53.9 Å². The standard InChI is InChI=1S/C24H27N7O2S2.ClH/c1-3-30-9-11-31(12-10-30)22-8-7-19(14-25-22)27-24-26-15-21-23(28-24)20(16-34-21)17-5-4-6-18(13-17)29-35(2,32)33;/h4-8,13-16,29H,3,9-12H2,1-2H3,(H,26,27,28);1H. The number of anilines is 4. The number of aromatic nitrogens is 3. The van der Waals surface area contributed by atoms with Crippen molar-refractivity contribution in [1.82, 2.24) is 19.9 Å². The van der Waals surface area contributed by atoms with E-state index in [0.717, 1.165) is 71.8 Å². The van der Waals surface area contributed by atoms with Crippen molar-refractivity contribution >= 4 is 67.1 Å². The molecule has 0 spiro atoms. The second-order valence-electron chi connectivity index (χ2n) is 8.46. The zero-order valence-electron chi connectivity index (χ0n) is 20.0. The first-order chi connectivity index (χ1) is 16.9. The number of sulfonamides is 1. The highest BCUT2D eigenvalue weighted by Gasteiger charge is 2.17. The molecule has 3 aromatic heterocycles. The molecule has 2 N–H and O–H groups in total. The normalized spacial score (nSPS) is 14.4. The van der Waals surface area contributed by atoms with E-state index in [1.165, 1.54) is 0 Å². The third-order valence-corrected chi connectivity index (χ3v) is 7.45. The molecule has 1 aliphatic rings. The first kappa shape index (κ1) is 26.1. The molecule has 0 atom stereocenters. The number of hydrogen-bond donors (Lipinski definition) is 2. The highest BCUT2D eigenvalue weighted by atomic mass is 35.5. The summed E-state index contributed by atoms with van der Waals surface area (Å²) in [6, 6.07) is 11.3. The largest absolute Gasteiger partial charge is 0.354 e. The van der Waals surface area contributed by atoms with E-state index in [9.17, 15) is 8.42 Å².